The Morgan fingerprint density at radius 3 is 2.62 bits per heavy atom. The fraction of sp³-hybridized carbons (Fsp3) is 0.250. The van der Waals surface area contributed by atoms with Gasteiger partial charge < -0.3 is 11.1 Å². The summed E-state index contributed by atoms with van der Waals surface area (Å²) in [6.07, 6.45) is 3.26. The van der Waals surface area contributed by atoms with Gasteiger partial charge in [-0.15, -0.1) is 11.8 Å². The number of nitrogens with one attached hydrogen (secondary N) is 1. The molecule has 2 aromatic rings. The minimum absolute atomic E-state index is 0.0477. The number of thioether (sulfide) groups is 1. The van der Waals surface area contributed by atoms with E-state index in [1.54, 1.807) is 12.4 Å². The number of amides is 1. The minimum Gasteiger partial charge on any atom is -0.397 e. The average Bonchev–Trinajstić information content (AvgIpc) is 2.47. The molecule has 0 unspecified atom stereocenters. The van der Waals surface area contributed by atoms with E-state index < -0.39 is 0 Å². The van der Waals surface area contributed by atoms with Gasteiger partial charge in [0, 0.05) is 16.8 Å². The van der Waals surface area contributed by atoms with Crippen molar-refractivity contribution >= 4 is 29.0 Å². The molecule has 0 aliphatic heterocycles. The molecular weight excluding hydrogens is 282 g/mol. The Morgan fingerprint density at radius 2 is 2.00 bits per heavy atom. The van der Waals surface area contributed by atoms with E-state index in [2.05, 4.69) is 24.1 Å². The lowest BCUT2D eigenvalue weighted by Gasteiger charge is -2.09. The lowest BCUT2D eigenvalue weighted by molar-refractivity contribution is -0.113. The van der Waals surface area contributed by atoms with Gasteiger partial charge in [-0.25, -0.2) is 0 Å². The monoisotopic (exact) mass is 301 g/mol. The standard InChI is InChI=1S/C16H19N3OS/c1-11(2)12-3-5-13(6-4-12)19-16(20)10-21-15-7-8-18-9-14(15)17/h3-9,11H,10,17H2,1-2H3,(H,19,20). The number of carbonyl (C=O) groups is 1. The highest BCUT2D eigenvalue weighted by Crippen LogP contribution is 2.23. The Morgan fingerprint density at radius 1 is 1.29 bits per heavy atom. The summed E-state index contributed by atoms with van der Waals surface area (Å²) < 4.78 is 0. The summed E-state index contributed by atoms with van der Waals surface area (Å²) in [4.78, 5) is 16.7. The number of nitrogens with two attached hydrogens (primary N) is 1. The minimum atomic E-state index is -0.0477. The molecule has 0 saturated heterocycles. The molecule has 0 radical (unpaired) electrons. The van der Waals surface area contributed by atoms with Crippen LogP contribution in [0.4, 0.5) is 11.4 Å². The molecule has 3 N–H and O–H groups in total. The number of nitrogen functional groups attached to an aromatic ring is 1. The van der Waals surface area contributed by atoms with E-state index in [1.807, 2.05) is 30.3 Å². The van der Waals surface area contributed by atoms with Crippen molar-refractivity contribution in [3.63, 3.8) is 0 Å². The second-order valence-electron chi connectivity index (χ2n) is 5.03. The first-order valence-electron chi connectivity index (χ1n) is 6.78. The lowest BCUT2D eigenvalue weighted by atomic mass is 10.0. The molecule has 0 spiro atoms. The summed E-state index contributed by atoms with van der Waals surface area (Å²) in [7, 11) is 0. The zero-order valence-corrected chi connectivity index (χ0v) is 13.0. The number of rotatable bonds is 5. The quantitative estimate of drug-likeness (QED) is 0.829. The number of hydrogen-bond donors (Lipinski definition) is 2. The summed E-state index contributed by atoms with van der Waals surface area (Å²) in [6.45, 7) is 4.28. The van der Waals surface area contributed by atoms with Crippen LogP contribution in [0.3, 0.4) is 0 Å². The molecule has 0 atom stereocenters. The van der Waals surface area contributed by atoms with E-state index >= 15 is 0 Å². The van der Waals surface area contributed by atoms with Crippen LogP contribution >= 0.6 is 11.8 Å². The normalized spacial score (nSPS) is 10.6. The Balaban J connectivity index is 1.88. The first-order chi connectivity index (χ1) is 10.1. The highest BCUT2D eigenvalue weighted by molar-refractivity contribution is 8.00. The van der Waals surface area contributed by atoms with E-state index in [1.165, 1.54) is 17.3 Å². The Labute approximate surface area is 129 Å². The molecule has 1 heterocycles. The number of carbonyl (C=O) groups excluding carboxylic acids is 1. The van der Waals surface area contributed by atoms with Gasteiger partial charge in [-0.1, -0.05) is 26.0 Å². The van der Waals surface area contributed by atoms with Crippen LogP contribution in [0.5, 0.6) is 0 Å². The summed E-state index contributed by atoms with van der Waals surface area (Å²) in [5.74, 6) is 0.758. The smallest absolute Gasteiger partial charge is 0.234 e. The van der Waals surface area contributed by atoms with Crippen molar-refractivity contribution in [2.45, 2.75) is 24.7 Å². The topological polar surface area (TPSA) is 68.0 Å². The molecule has 4 nitrogen and oxygen atoms in total. The van der Waals surface area contributed by atoms with Crippen LogP contribution in [0.15, 0.2) is 47.6 Å². The maximum Gasteiger partial charge on any atom is 0.234 e. The van der Waals surface area contributed by atoms with Gasteiger partial charge in [0.2, 0.25) is 5.91 Å². The van der Waals surface area contributed by atoms with E-state index in [4.69, 9.17) is 5.73 Å². The van der Waals surface area contributed by atoms with Crippen molar-refractivity contribution in [2.24, 2.45) is 0 Å². The van der Waals surface area contributed by atoms with Gasteiger partial charge in [-0.05, 0) is 29.7 Å². The number of benzene rings is 1. The van der Waals surface area contributed by atoms with E-state index in [9.17, 15) is 4.79 Å². The molecule has 0 saturated carbocycles. The van der Waals surface area contributed by atoms with Crippen LogP contribution in [-0.2, 0) is 4.79 Å². The molecule has 0 fully saturated rings. The second kappa shape index (κ2) is 7.13. The molecule has 110 valence electrons. The van der Waals surface area contributed by atoms with Gasteiger partial charge >= 0.3 is 0 Å². The van der Waals surface area contributed by atoms with Gasteiger partial charge in [0.05, 0.1) is 17.6 Å². The van der Waals surface area contributed by atoms with Crippen LogP contribution in [0, 0.1) is 0 Å². The third-order valence-corrected chi connectivity index (χ3v) is 4.12. The highest BCUT2D eigenvalue weighted by Gasteiger charge is 2.06. The Kier molecular flexibility index (Phi) is 5.22. The fourth-order valence-corrected chi connectivity index (χ4v) is 2.55. The van der Waals surface area contributed by atoms with Gasteiger partial charge in [0.1, 0.15) is 0 Å². The Hall–Kier alpha value is -2.01. The molecule has 1 aromatic carbocycles. The molecular formula is C16H19N3OS. The third kappa shape index (κ3) is 4.49. The molecule has 21 heavy (non-hydrogen) atoms. The van der Waals surface area contributed by atoms with Crippen LogP contribution in [0.25, 0.3) is 0 Å². The zero-order valence-electron chi connectivity index (χ0n) is 12.2. The van der Waals surface area contributed by atoms with Crippen LogP contribution in [0.1, 0.15) is 25.3 Å². The summed E-state index contributed by atoms with van der Waals surface area (Å²) in [5, 5.41) is 2.88. The highest BCUT2D eigenvalue weighted by atomic mass is 32.2. The molecule has 5 heteroatoms. The van der Waals surface area contributed by atoms with Crippen molar-refractivity contribution in [2.75, 3.05) is 16.8 Å². The predicted molar refractivity (Wildman–Crippen MR) is 88.5 cm³/mol. The van der Waals surface area contributed by atoms with Crippen molar-refractivity contribution < 1.29 is 4.79 Å². The molecule has 1 amide bonds. The number of pyridine rings is 1. The lowest BCUT2D eigenvalue weighted by Crippen LogP contribution is -2.14. The first-order valence-corrected chi connectivity index (χ1v) is 7.77. The van der Waals surface area contributed by atoms with Crippen LogP contribution in [-0.4, -0.2) is 16.6 Å². The van der Waals surface area contributed by atoms with Crippen molar-refractivity contribution in [3.05, 3.63) is 48.3 Å². The molecule has 0 bridgehead atoms. The summed E-state index contributed by atoms with van der Waals surface area (Å²) >= 11 is 1.41. The van der Waals surface area contributed by atoms with E-state index in [-0.39, 0.29) is 5.91 Å². The van der Waals surface area contributed by atoms with Gasteiger partial charge in [0.25, 0.3) is 0 Å². The number of aromatic nitrogens is 1. The van der Waals surface area contributed by atoms with Gasteiger partial charge in [-0.3, -0.25) is 9.78 Å². The maximum absolute atomic E-state index is 11.9. The number of nitrogens with zero attached hydrogens (tertiary/aromatic N) is 1. The van der Waals surface area contributed by atoms with Gasteiger partial charge in [-0.2, -0.15) is 0 Å². The van der Waals surface area contributed by atoms with Crippen LogP contribution in [0.2, 0.25) is 0 Å². The second-order valence-corrected chi connectivity index (χ2v) is 6.04. The Bertz CT molecular complexity index is 611. The number of hydrogen-bond acceptors (Lipinski definition) is 4. The van der Waals surface area contributed by atoms with Crippen molar-refractivity contribution in [1.82, 2.24) is 4.98 Å². The molecule has 0 aliphatic carbocycles. The fourth-order valence-electron chi connectivity index (χ4n) is 1.82. The van der Waals surface area contributed by atoms with E-state index in [0.29, 0.717) is 17.4 Å². The molecule has 2 rings (SSSR count). The summed E-state index contributed by atoms with van der Waals surface area (Å²) in [5.41, 5.74) is 8.45. The van der Waals surface area contributed by atoms with Crippen LogP contribution < -0.4 is 11.1 Å². The maximum atomic E-state index is 11.9. The van der Waals surface area contributed by atoms with E-state index in [0.717, 1.165) is 10.6 Å². The molecule has 1 aromatic heterocycles. The SMILES string of the molecule is CC(C)c1ccc(NC(=O)CSc2ccncc2N)cc1. The molecule has 0 aliphatic rings. The predicted octanol–water partition coefficient (Wildman–Crippen LogP) is 3.52. The third-order valence-electron chi connectivity index (χ3n) is 3.03. The largest absolute Gasteiger partial charge is 0.397 e. The van der Waals surface area contributed by atoms with Gasteiger partial charge in [0.15, 0.2) is 0 Å². The number of anilines is 2. The van der Waals surface area contributed by atoms with Crippen molar-refractivity contribution in [1.29, 1.82) is 0 Å². The average molecular weight is 301 g/mol. The zero-order chi connectivity index (χ0) is 15.2. The van der Waals surface area contributed by atoms with Crippen molar-refractivity contribution in [3.8, 4) is 0 Å². The summed E-state index contributed by atoms with van der Waals surface area (Å²) in [6, 6.07) is 9.74. The first kappa shape index (κ1) is 15.4.